The molecule has 0 bridgehead atoms. The molecule has 0 unspecified atom stereocenters. The van der Waals surface area contributed by atoms with Gasteiger partial charge in [-0.3, -0.25) is 4.79 Å². The summed E-state index contributed by atoms with van der Waals surface area (Å²) in [6.07, 6.45) is 5.36. The van der Waals surface area contributed by atoms with E-state index in [0.717, 1.165) is 18.4 Å². The van der Waals surface area contributed by atoms with Crippen molar-refractivity contribution < 1.29 is 14.3 Å². The lowest BCUT2D eigenvalue weighted by molar-refractivity contribution is -0.116. The summed E-state index contributed by atoms with van der Waals surface area (Å²) in [6, 6.07) is 7.53. The molecule has 1 saturated carbocycles. The lowest BCUT2D eigenvalue weighted by atomic mass is 10.2. The summed E-state index contributed by atoms with van der Waals surface area (Å²) >= 11 is 0. The van der Waals surface area contributed by atoms with Gasteiger partial charge in [-0.1, -0.05) is 6.07 Å². The normalized spacial score (nSPS) is 13.8. The van der Waals surface area contributed by atoms with Gasteiger partial charge in [-0.25, -0.2) is 0 Å². The first kappa shape index (κ1) is 13.9. The summed E-state index contributed by atoms with van der Waals surface area (Å²) < 4.78 is 10.4. The van der Waals surface area contributed by atoms with Crippen LogP contribution in [0.3, 0.4) is 0 Å². The number of benzene rings is 1. The van der Waals surface area contributed by atoms with Gasteiger partial charge >= 0.3 is 0 Å². The second kappa shape index (κ2) is 6.62. The van der Waals surface area contributed by atoms with Gasteiger partial charge in [-0.15, -0.1) is 0 Å². The maximum atomic E-state index is 11.5. The molecule has 1 amide bonds. The Bertz CT molecular complexity index is 557. The first-order valence-corrected chi connectivity index (χ1v) is 6.39. The van der Waals surface area contributed by atoms with Crippen LogP contribution in [0.15, 0.2) is 24.3 Å². The standard InChI is InChI=1S/C15H16N2O3/c1-19-14-10-11(2-6-13(14)20-9-8-16)3-7-15(18)17-12-4-5-12/h2-3,6-7,10,12H,4-5,9H2,1H3,(H,17,18). The van der Waals surface area contributed by atoms with Crippen LogP contribution in [0.25, 0.3) is 6.08 Å². The molecule has 1 aromatic rings. The average molecular weight is 272 g/mol. The Morgan fingerprint density at radius 1 is 1.50 bits per heavy atom. The molecular weight excluding hydrogens is 256 g/mol. The minimum atomic E-state index is -0.0868. The Morgan fingerprint density at radius 3 is 2.95 bits per heavy atom. The minimum Gasteiger partial charge on any atom is -0.493 e. The fourth-order valence-corrected chi connectivity index (χ4v) is 1.67. The average Bonchev–Trinajstić information content (AvgIpc) is 3.27. The minimum absolute atomic E-state index is 0.0324. The van der Waals surface area contributed by atoms with Gasteiger partial charge in [0.25, 0.3) is 0 Å². The van der Waals surface area contributed by atoms with E-state index in [1.807, 2.05) is 6.07 Å². The van der Waals surface area contributed by atoms with E-state index < -0.39 is 0 Å². The van der Waals surface area contributed by atoms with Crippen molar-refractivity contribution in [1.29, 1.82) is 5.26 Å². The molecule has 0 aliphatic heterocycles. The molecule has 1 fully saturated rings. The SMILES string of the molecule is COc1cc(C=CC(=O)NC2CC2)ccc1OCC#N. The number of nitrogens with zero attached hydrogens (tertiary/aromatic N) is 1. The van der Waals surface area contributed by atoms with Crippen molar-refractivity contribution in [3.63, 3.8) is 0 Å². The first-order valence-electron chi connectivity index (χ1n) is 6.39. The van der Waals surface area contributed by atoms with Crippen molar-refractivity contribution in [2.75, 3.05) is 13.7 Å². The van der Waals surface area contributed by atoms with Crippen LogP contribution in [0, 0.1) is 11.3 Å². The zero-order chi connectivity index (χ0) is 14.4. The third-order valence-corrected chi connectivity index (χ3v) is 2.83. The van der Waals surface area contributed by atoms with Gasteiger partial charge in [0.1, 0.15) is 6.07 Å². The summed E-state index contributed by atoms with van der Waals surface area (Å²) in [5, 5.41) is 11.4. The van der Waals surface area contributed by atoms with Crippen LogP contribution in [-0.4, -0.2) is 25.7 Å². The summed E-state index contributed by atoms with van der Waals surface area (Å²) in [5.74, 6) is 0.954. The highest BCUT2D eigenvalue weighted by atomic mass is 16.5. The van der Waals surface area contributed by atoms with Crippen molar-refractivity contribution in [3.8, 4) is 17.6 Å². The molecular formula is C15H16N2O3. The van der Waals surface area contributed by atoms with Gasteiger partial charge in [-0.2, -0.15) is 5.26 Å². The number of rotatable bonds is 6. The van der Waals surface area contributed by atoms with Crippen LogP contribution in [0.4, 0.5) is 0 Å². The van der Waals surface area contributed by atoms with Gasteiger partial charge in [0, 0.05) is 12.1 Å². The number of nitriles is 1. The molecule has 0 radical (unpaired) electrons. The van der Waals surface area contributed by atoms with Crippen molar-refractivity contribution >= 4 is 12.0 Å². The molecule has 1 aliphatic rings. The van der Waals surface area contributed by atoms with E-state index in [1.165, 1.54) is 13.2 Å². The van der Waals surface area contributed by atoms with E-state index in [-0.39, 0.29) is 12.5 Å². The number of hydrogen-bond donors (Lipinski definition) is 1. The van der Waals surface area contributed by atoms with Crippen molar-refractivity contribution in [2.24, 2.45) is 0 Å². The van der Waals surface area contributed by atoms with Crippen molar-refractivity contribution in [1.82, 2.24) is 5.32 Å². The Kier molecular flexibility index (Phi) is 4.61. The molecule has 104 valence electrons. The predicted molar refractivity (Wildman–Crippen MR) is 74.3 cm³/mol. The second-order valence-electron chi connectivity index (χ2n) is 4.47. The number of amides is 1. The second-order valence-corrected chi connectivity index (χ2v) is 4.47. The molecule has 5 nitrogen and oxygen atoms in total. The fraction of sp³-hybridized carbons (Fsp3) is 0.333. The van der Waals surface area contributed by atoms with Crippen LogP contribution in [-0.2, 0) is 4.79 Å². The van der Waals surface area contributed by atoms with Crippen LogP contribution in [0.5, 0.6) is 11.5 Å². The van der Waals surface area contributed by atoms with Gasteiger partial charge in [-0.05, 0) is 36.6 Å². The third kappa shape index (κ3) is 4.02. The van der Waals surface area contributed by atoms with E-state index >= 15 is 0 Å². The van der Waals surface area contributed by atoms with E-state index in [0.29, 0.717) is 17.5 Å². The Labute approximate surface area is 117 Å². The monoisotopic (exact) mass is 272 g/mol. The number of ether oxygens (including phenoxy) is 2. The smallest absolute Gasteiger partial charge is 0.244 e. The van der Waals surface area contributed by atoms with E-state index in [2.05, 4.69) is 5.32 Å². The zero-order valence-electron chi connectivity index (χ0n) is 11.3. The number of carbonyl (C=O) groups excluding carboxylic acids is 1. The van der Waals surface area contributed by atoms with Crippen molar-refractivity contribution in [2.45, 2.75) is 18.9 Å². The molecule has 0 atom stereocenters. The Morgan fingerprint density at radius 2 is 2.30 bits per heavy atom. The molecule has 1 N–H and O–H groups in total. The third-order valence-electron chi connectivity index (χ3n) is 2.83. The van der Waals surface area contributed by atoms with Gasteiger partial charge in [0.05, 0.1) is 7.11 Å². The highest BCUT2D eigenvalue weighted by molar-refractivity contribution is 5.92. The zero-order valence-corrected chi connectivity index (χ0v) is 11.3. The fourth-order valence-electron chi connectivity index (χ4n) is 1.67. The molecule has 5 heteroatoms. The van der Waals surface area contributed by atoms with Crippen molar-refractivity contribution in [3.05, 3.63) is 29.8 Å². The number of nitrogens with one attached hydrogen (secondary N) is 1. The van der Waals surface area contributed by atoms with Gasteiger partial charge in [0.15, 0.2) is 18.1 Å². The highest BCUT2D eigenvalue weighted by Gasteiger charge is 2.21. The van der Waals surface area contributed by atoms with Crippen LogP contribution in [0.1, 0.15) is 18.4 Å². The molecule has 1 aliphatic carbocycles. The molecule has 2 rings (SSSR count). The summed E-state index contributed by atoms with van der Waals surface area (Å²) in [5.41, 5.74) is 0.831. The Balaban J connectivity index is 2.02. The lowest BCUT2D eigenvalue weighted by Gasteiger charge is -2.08. The maximum Gasteiger partial charge on any atom is 0.244 e. The van der Waals surface area contributed by atoms with Crippen LogP contribution >= 0.6 is 0 Å². The topological polar surface area (TPSA) is 71.3 Å². The lowest BCUT2D eigenvalue weighted by Crippen LogP contribution is -2.22. The predicted octanol–water partition coefficient (Wildman–Crippen LogP) is 1.89. The van der Waals surface area contributed by atoms with E-state index in [1.54, 1.807) is 24.3 Å². The van der Waals surface area contributed by atoms with Gasteiger partial charge < -0.3 is 14.8 Å². The molecule has 20 heavy (non-hydrogen) atoms. The van der Waals surface area contributed by atoms with E-state index in [4.69, 9.17) is 14.7 Å². The first-order chi connectivity index (χ1) is 9.72. The quantitative estimate of drug-likeness (QED) is 0.803. The van der Waals surface area contributed by atoms with Crippen LogP contribution in [0.2, 0.25) is 0 Å². The number of hydrogen-bond acceptors (Lipinski definition) is 4. The molecule has 0 aromatic heterocycles. The Hall–Kier alpha value is -2.48. The number of methoxy groups -OCH3 is 1. The maximum absolute atomic E-state index is 11.5. The summed E-state index contributed by atoms with van der Waals surface area (Å²) in [6.45, 7) is -0.0324. The molecule has 0 spiro atoms. The number of carbonyl (C=O) groups is 1. The highest BCUT2D eigenvalue weighted by Crippen LogP contribution is 2.28. The molecule has 0 saturated heterocycles. The largest absolute Gasteiger partial charge is 0.493 e. The van der Waals surface area contributed by atoms with Gasteiger partial charge in [0.2, 0.25) is 5.91 Å². The summed E-state index contributed by atoms with van der Waals surface area (Å²) in [7, 11) is 1.53. The summed E-state index contributed by atoms with van der Waals surface area (Å²) in [4.78, 5) is 11.5. The molecule has 1 aromatic carbocycles. The van der Waals surface area contributed by atoms with Crippen LogP contribution < -0.4 is 14.8 Å². The molecule has 0 heterocycles. The van der Waals surface area contributed by atoms with E-state index in [9.17, 15) is 4.79 Å².